The highest BCUT2D eigenvalue weighted by molar-refractivity contribution is 6.06. The lowest BCUT2D eigenvalue weighted by molar-refractivity contribution is 0.0705. The summed E-state index contributed by atoms with van der Waals surface area (Å²) in [5.74, 6) is 1.55. The Hall–Kier alpha value is -2.63. The molecule has 1 amide bonds. The molecule has 2 aliphatic rings. The van der Waals surface area contributed by atoms with Crippen molar-refractivity contribution in [3.8, 4) is 0 Å². The first-order valence-electron chi connectivity index (χ1n) is 9.92. The molecule has 5 rings (SSSR count). The Bertz CT molecular complexity index is 1000. The second kappa shape index (κ2) is 6.51. The predicted molar refractivity (Wildman–Crippen MR) is 102 cm³/mol. The Kier molecular flexibility index (Phi) is 3.99. The third-order valence-electron chi connectivity index (χ3n) is 5.98. The van der Waals surface area contributed by atoms with Gasteiger partial charge >= 0.3 is 0 Å². The summed E-state index contributed by atoms with van der Waals surface area (Å²) >= 11 is 0. The van der Waals surface area contributed by atoms with E-state index in [1.165, 1.54) is 29.5 Å². The highest BCUT2D eigenvalue weighted by atomic mass is 16.5. The van der Waals surface area contributed by atoms with E-state index in [1.54, 1.807) is 6.92 Å². The van der Waals surface area contributed by atoms with E-state index in [4.69, 9.17) is 4.52 Å². The van der Waals surface area contributed by atoms with Crippen molar-refractivity contribution in [3.05, 3.63) is 46.7 Å². The van der Waals surface area contributed by atoms with Gasteiger partial charge in [-0.15, -0.1) is 0 Å². The normalized spacial score (nSPS) is 20.0. The molecular formula is C21H24N4O2. The molecule has 0 radical (unpaired) electrons. The van der Waals surface area contributed by atoms with E-state index in [2.05, 4.69) is 21.2 Å². The number of piperidine rings is 1. The van der Waals surface area contributed by atoms with Crippen LogP contribution in [0.2, 0.25) is 0 Å². The number of nitrogens with zero attached hydrogens (tertiary/aromatic N) is 3. The number of hydrogen-bond donors (Lipinski definition) is 1. The van der Waals surface area contributed by atoms with Crippen molar-refractivity contribution >= 4 is 16.8 Å². The SMILES string of the molecule is Cc1nc([C@H]2CCCN(C(=O)c3cccc4c5c([nH]c34)CCCC5)C2)no1. The second-order valence-corrected chi connectivity index (χ2v) is 7.78. The van der Waals surface area contributed by atoms with Gasteiger partial charge in [-0.2, -0.15) is 4.98 Å². The summed E-state index contributed by atoms with van der Waals surface area (Å²) in [5.41, 5.74) is 4.51. The molecule has 6 heteroatoms. The fraction of sp³-hybridized carbons (Fsp3) is 0.476. The molecule has 0 bridgehead atoms. The van der Waals surface area contributed by atoms with Crippen LogP contribution in [0.15, 0.2) is 22.7 Å². The van der Waals surface area contributed by atoms with Gasteiger partial charge in [-0.25, -0.2) is 0 Å². The van der Waals surface area contributed by atoms with Crippen molar-refractivity contribution in [2.45, 2.75) is 51.4 Å². The van der Waals surface area contributed by atoms with Gasteiger partial charge in [0.1, 0.15) is 0 Å². The number of carbonyl (C=O) groups is 1. The van der Waals surface area contributed by atoms with E-state index in [0.717, 1.165) is 49.1 Å². The topological polar surface area (TPSA) is 75.0 Å². The average molecular weight is 364 g/mol. The number of aromatic nitrogens is 3. The average Bonchev–Trinajstić information content (AvgIpc) is 3.31. The first-order chi connectivity index (χ1) is 13.2. The molecule has 1 N–H and O–H groups in total. The van der Waals surface area contributed by atoms with Crippen LogP contribution in [0.4, 0.5) is 0 Å². The summed E-state index contributed by atoms with van der Waals surface area (Å²) in [7, 11) is 0. The smallest absolute Gasteiger partial charge is 0.256 e. The minimum atomic E-state index is 0.101. The molecule has 1 aliphatic heterocycles. The summed E-state index contributed by atoms with van der Waals surface area (Å²) in [6.07, 6.45) is 6.60. The summed E-state index contributed by atoms with van der Waals surface area (Å²) in [5, 5.41) is 5.29. The summed E-state index contributed by atoms with van der Waals surface area (Å²) in [6, 6.07) is 6.12. The van der Waals surface area contributed by atoms with E-state index in [1.807, 2.05) is 17.0 Å². The number of nitrogens with one attached hydrogen (secondary N) is 1. The third kappa shape index (κ3) is 2.83. The summed E-state index contributed by atoms with van der Waals surface area (Å²) < 4.78 is 5.13. The lowest BCUT2D eigenvalue weighted by atomic mass is 9.94. The fourth-order valence-corrected chi connectivity index (χ4v) is 4.63. The number of H-pyrrole nitrogens is 1. The molecular weight excluding hydrogens is 340 g/mol. The number of rotatable bonds is 2. The van der Waals surface area contributed by atoms with Crippen LogP contribution in [0, 0.1) is 6.92 Å². The van der Waals surface area contributed by atoms with Gasteiger partial charge in [0.15, 0.2) is 5.82 Å². The van der Waals surface area contributed by atoms with Gasteiger partial charge in [0, 0.05) is 37.0 Å². The van der Waals surface area contributed by atoms with Gasteiger partial charge in [-0.3, -0.25) is 4.79 Å². The van der Waals surface area contributed by atoms with Crippen molar-refractivity contribution in [3.63, 3.8) is 0 Å². The van der Waals surface area contributed by atoms with Gasteiger partial charge in [-0.1, -0.05) is 17.3 Å². The van der Waals surface area contributed by atoms with Crippen molar-refractivity contribution in [1.29, 1.82) is 0 Å². The zero-order valence-electron chi connectivity index (χ0n) is 15.6. The number of aryl methyl sites for hydroxylation is 3. The zero-order chi connectivity index (χ0) is 18.4. The number of hydrogen-bond acceptors (Lipinski definition) is 4. The summed E-state index contributed by atoms with van der Waals surface area (Å²) in [4.78, 5) is 23.2. The Labute approximate surface area is 157 Å². The highest BCUT2D eigenvalue weighted by Crippen LogP contribution is 2.32. The molecule has 27 heavy (non-hydrogen) atoms. The molecule has 1 aliphatic carbocycles. The van der Waals surface area contributed by atoms with Crippen LogP contribution in [0.25, 0.3) is 10.9 Å². The number of fused-ring (bicyclic) bond motifs is 3. The minimum absolute atomic E-state index is 0.101. The van der Waals surface area contributed by atoms with Crippen LogP contribution in [0.3, 0.4) is 0 Å². The van der Waals surface area contributed by atoms with Crippen molar-refractivity contribution < 1.29 is 9.32 Å². The van der Waals surface area contributed by atoms with Crippen molar-refractivity contribution in [1.82, 2.24) is 20.0 Å². The Morgan fingerprint density at radius 3 is 3.00 bits per heavy atom. The number of likely N-dealkylation sites (tertiary alicyclic amines) is 1. The van der Waals surface area contributed by atoms with Gasteiger partial charge in [0.2, 0.25) is 5.89 Å². The van der Waals surface area contributed by atoms with Crippen molar-refractivity contribution in [2.75, 3.05) is 13.1 Å². The van der Waals surface area contributed by atoms with Gasteiger partial charge in [0.05, 0.1) is 11.1 Å². The largest absolute Gasteiger partial charge is 0.358 e. The van der Waals surface area contributed by atoms with Crippen LogP contribution in [0.5, 0.6) is 0 Å². The molecule has 1 aromatic carbocycles. The molecule has 1 fully saturated rings. The molecule has 6 nitrogen and oxygen atoms in total. The third-order valence-corrected chi connectivity index (χ3v) is 5.98. The maximum atomic E-state index is 13.4. The van der Waals surface area contributed by atoms with Gasteiger partial charge in [0.25, 0.3) is 5.91 Å². The lowest BCUT2D eigenvalue weighted by Crippen LogP contribution is -2.39. The van der Waals surface area contributed by atoms with Gasteiger partial charge in [-0.05, 0) is 50.2 Å². The van der Waals surface area contributed by atoms with Crippen LogP contribution >= 0.6 is 0 Å². The zero-order valence-corrected chi connectivity index (χ0v) is 15.6. The van der Waals surface area contributed by atoms with E-state index in [9.17, 15) is 4.79 Å². The molecule has 2 aromatic heterocycles. The fourth-order valence-electron chi connectivity index (χ4n) is 4.63. The maximum Gasteiger partial charge on any atom is 0.256 e. The first kappa shape index (κ1) is 16.5. The van der Waals surface area contributed by atoms with Crippen LogP contribution in [0.1, 0.15) is 64.9 Å². The standard InChI is InChI=1S/C21H24N4O2/c1-13-22-20(24-27-13)14-6-5-11-25(12-14)21(26)17-9-4-8-16-15-7-2-3-10-18(15)23-19(16)17/h4,8-9,14,23H,2-3,5-7,10-12H2,1H3/t14-/m0/s1. The lowest BCUT2D eigenvalue weighted by Gasteiger charge is -2.31. The van der Waals surface area contributed by atoms with Crippen molar-refractivity contribution in [2.24, 2.45) is 0 Å². The molecule has 3 heterocycles. The number of benzene rings is 1. The second-order valence-electron chi connectivity index (χ2n) is 7.78. The monoisotopic (exact) mass is 364 g/mol. The van der Waals surface area contributed by atoms with E-state index in [-0.39, 0.29) is 11.8 Å². The van der Waals surface area contributed by atoms with Crippen LogP contribution in [-0.2, 0) is 12.8 Å². The predicted octanol–water partition coefficient (Wildman–Crippen LogP) is 3.76. The van der Waals surface area contributed by atoms with E-state index < -0.39 is 0 Å². The number of carbonyl (C=O) groups excluding carboxylic acids is 1. The Balaban J connectivity index is 1.46. The molecule has 0 unspecified atom stereocenters. The number of aromatic amines is 1. The first-order valence-corrected chi connectivity index (χ1v) is 9.92. The maximum absolute atomic E-state index is 13.4. The molecule has 140 valence electrons. The molecule has 0 saturated carbocycles. The minimum Gasteiger partial charge on any atom is -0.358 e. The molecule has 0 spiro atoms. The Morgan fingerprint density at radius 2 is 2.15 bits per heavy atom. The molecule has 1 saturated heterocycles. The molecule has 1 atom stereocenters. The van der Waals surface area contributed by atoms with Crippen LogP contribution < -0.4 is 0 Å². The van der Waals surface area contributed by atoms with E-state index in [0.29, 0.717) is 12.4 Å². The highest BCUT2D eigenvalue weighted by Gasteiger charge is 2.29. The Morgan fingerprint density at radius 1 is 1.26 bits per heavy atom. The van der Waals surface area contributed by atoms with Crippen LogP contribution in [-0.4, -0.2) is 39.0 Å². The van der Waals surface area contributed by atoms with Gasteiger partial charge < -0.3 is 14.4 Å². The number of para-hydroxylation sites is 1. The van der Waals surface area contributed by atoms with E-state index >= 15 is 0 Å². The number of amides is 1. The molecule has 3 aromatic rings. The quantitative estimate of drug-likeness (QED) is 0.751. The summed E-state index contributed by atoms with van der Waals surface area (Å²) in [6.45, 7) is 3.23.